The van der Waals surface area contributed by atoms with E-state index in [1.165, 1.54) is 5.56 Å². The van der Waals surface area contributed by atoms with E-state index in [1.54, 1.807) is 0 Å². The van der Waals surface area contributed by atoms with Gasteiger partial charge in [-0.05, 0) is 48.4 Å². The highest BCUT2D eigenvalue weighted by molar-refractivity contribution is 5.94. The molecule has 0 aliphatic carbocycles. The number of aromatic amines is 1. The number of amides is 1. The van der Waals surface area contributed by atoms with Crippen LogP contribution in [0, 0.1) is 0 Å². The van der Waals surface area contributed by atoms with E-state index in [9.17, 15) is 9.90 Å². The summed E-state index contributed by atoms with van der Waals surface area (Å²) in [5.41, 5.74) is 5.07. The maximum Gasteiger partial charge on any atom is 0.251 e. The zero-order valence-corrected chi connectivity index (χ0v) is 18.3. The molecule has 0 radical (unpaired) electrons. The topological polar surface area (TPSA) is 68.4 Å². The first-order valence-corrected chi connectivity index (χ1v) is 10.9. The molecule has 0 fully saturated rings. The fourth-order valence-electron chi connectivity index (χ4n) is 4.07. The van der Waals surface area contributed by atoms with E-state index < -0.39 is 0 Å². The zero-order chi connectivity index (χ0) is 22.3. The molecule has 1 heterocycles. The number of para-hydroxylation sites is 1. The Morgan fingerprint density at radius 3 is 2.50 bits per heavy atom. The van der Waals surface area contributed by atoms with E-state index in [1.807, 2.05) is 72.9 Å². The fourth-order valence-corrected chi connectivity index (χ4v) is 4.07. The number of aliphatic hydroxyl groups excluding tert-OH is 1. The minimum Gasteiger partial charge on any atom is -0.394 e. The molecule has 0 spiro atoms. The summed E-state index contributed by atoms with van der Waals surface area (Å²) in [5, 5.41) is 14.0. The van der Waals surface area contributed by atoms with Gasteiger partial charge in [0, 0.05) is 35.8 Å². The molecule has 1 amide bonds. The Labute approximate surface area is 188 Å². The summed E-state index contributed by atoms with van der Waals surface area (Å²) in [4.78, 5) is 18.4. The number of carbonyl (C=O) groups excluding carboxylic acids is 1. The van der Waals surface area contributed by atoms with E-state index >= 15 is 0 Å². The SMILES string of the molecule is CN(Cc1ccccc1)Cc1cccc(C(=O)N[C@@H](CO)Cc2c[nH]c3ccccc23)c1. The predicted molar refractivity (Wildman–Crippen MR) is 128 cm³/mol. The summed E-state index contributed by atoms with van der Waals surface area (Å²) in [7, 11) is 2.07. The Hall–Kier alpha value is -3.41. The van der Waals surface area contributed by atoms with Gasteiger partial charge in [-0.15, -0.1) is 0 Å². The van der Waals surface area contributed by atoms with Crippen LogP contribution < -0.4 is 5.32 Å². The van der Waals surface area contributed by atoms with Gasteiger partial charge < -0.3 is 15.4 Å². The first-order valence-electron chi connectivity index (χ1n) is 10.9. The quantitative estimate of drug-likeness (QED) is 0.376. The van der Waals surface area contributed by atoms with Crippen LogP contribution >= 0.6 is 0 Å². The van der Waals surface area contributed by atoms with Crippen LogP contribution in [0.2, 0.25) is 0 Å². The summed E-state index contributed by atoms with van der Waals surface area (Å²) in [5.74, 6) is -0.170. The Morgan fingerprint density at radius 1 is 0.969 bits per heavy atom. The number of rotatable bonds is 9. The molecule has 3 aromatic carbocycles. The van der Waals surface area contributed by atoms with E-state index in [2.05, 4.69) is 34.4 Å². The molecule has 1 atom stereocenters. The lowest BCUT2D eigenvalue weighted by Gasteiger charge is -2.18. The van der Waals surface area contributed by atoms with Gasteiger partial charge in [0.05, 0.1) is 12.6 Å². The molecule has 3 N–H and O–H groups in total. The molecule has 1 aromatic heterocycles. The lowest BCUT2D eigenvalue weighted by Crippen LogP contribution is -2.39. The number of hydrogen-bond acceptors (Lipinski definition) is 3. The van der Waals surface area contributed by atoms with Crippen molar-refractivity contribution in [2.75, 3.05) is 13.7 Å². The molecule has 0 aliphatic heterocycles. The molecule has 5 nitrogen and oxygen atoms in total. The standard InChI is InChI=1S/C27H29N3O2/c1-30(17-20-8-3-2-4-9-20)18-21-10-7-11-22(14-21)27(32)29-24(19-31)15-23-16-28-26-13-6-5-12-25(23)26/h2-14,16,24,28,31H,15,17-19H2,1H3,(H,29,32)/t24-/m1/s1. The third-order valence-electron chi connectivity index (χ3n) is 5.63. The number of aromatic nitrogens is 1. The molecular weight excluding hydrogens is 398 g/mol. The summed E-state index contributed by atoms with van der Waals surface area (Å²) in [6, 6.07) is 25.7. The minimum absolute atomic E-state index is 0.120. The van der Waals surface area contributed by atoms with Crippen molar-refractivity contribution in [3.8, 4) is 0 Å². The van der Waals surface area contributed by atoms with Crippen LogP contribution in [0.1, 0.15) is 27.0 Å². The third-order valence-corrected chi connectivity index (χ3v) is 5.63. The molecule has 0 saturated carbocycles. The van der Waals surface area contributed by atoms with Gasteiger partial charge >= 0.3 is 0 Å². The predicted octanol–water partition coefficient (Wildman–Crippen LogP) is 4.13. The number of benzene rings is 3. The fraction of sp³-hybridized carbons (Fsp3) is 0.222. The molecule has 4 aromatic rings. The van der Waals surface area contributed by atoms with Gasteiger partial charge in [0.2, 0.25) is 0 Å². The number of nitrogens with zero attached hydrogens (tertiary/aromatic N) is 1. The van der Waals surface area contributed by atoms with Gasteiger partial charge in [-0.2, -0.15) is 0 Å². The molecule has 0 bridgehead atoms. The van der Waals surface area contributed by atoms with Gasteiger partial charge in [0.15, 0.2) is 0 Å². The second-order valence-electron chi connectivity index (χ2n) is 8.27. The Kier molecular flexibility index (Phi) is 7.00. The van der Waals surface area contributed by atoms with Crippen molar-refractivity contribution in [1.82, 2.24) is 15.2 Å². The van der Waals surface area contributed by atoms with Crippen molar-refractivity contribution in [2.45, 2.75) is 25.6 Å². The largest absolute Gasteiger partial charge is 0.394 e. The second-order valence-corrected chi connectivity index (χ2v) is 8.27. The molecule has 0 unspecified atom stereocenters. The maximum absolute atomic E-state index is 12.9. The van der Waals surface area contributed by atoms with Crippen LogP contribution in [0.3, 0.4) is 0 Å². The Bertz CT molecular complexity index is 1170. The van der Waals surface area contributed by atoms with Crippen LogP contribution in [-0.4, -0.2) is 40.6 Å². The molecule has 0 saturated heterocycles. The van der Waals surface area contributed by atoms with Crippen LogP contribution in [0.5, 0.6) is 0 Å². The third kappa shape index (κ3) is 5.44. The van der Waals surface area contributed by atoms with Crippen molar-refractivity contribution in [3.05, 3.63) is 107 Å². The highest BCUT2D eigenvalue weighted by Crippen LogP contribution is 2.19. The highest BCUT2D eigenvalue weighted by Gasteiger charge is 2.16. The van der Waals surface area contributed by atoms with Crippen LogP contribution in [0.25, 0.3) is 10.9 Å². The number of H-pyrrole nitrogens is 1. The number of fused-ring (bicyclic) bond motifs is 1. The lowest BCUT2D eigenvalue weighted by atomic mass is 10.0. The zero-order valence-electron chi connectivity index (χ0n) is 18.3. The molecule has 4 rings (SSSR count). The van der Waals surface area contributed by atoms with E-state index in [0.717, 1.165) is 35.1 Å². The van der Waals surface area contributed by atoms with Crippen molar-refractivity contribution in [3.63, 3.8) is 0 Å². The number of carbonyl (C=O) groups is 1. The van der Waals surface area contributed by atoms with Crippen molar-refractivity contribution in [1.29, 1.82) is 0 Å². The van der Waals surface area contributed by atoms with Gasteiger partial charge in [0.1, 0.15) is 0 Å². The average Bonchev–Trinajstić information content (AvgIpc) is 3.22. The smallest absolute Gasteiger partial charge is 0.251 e. The van der Waals surface area contributed by atoms with Crippen LogP contribution in [0.4, 0.5) is 0 Å². The maximum atomic E-state index is 12.9. The van der Waals surface area contributed by atoms with Gasteiger partial charge in [0.25, 0.3) is 5.91 Å². The lowest BCUT2D eigenvalue weighted by molar-refractivity contribution is 0.0916. The van der Waals surface area contributed by atoms with E-state index in [0.29, 0.717) is 12.0 Å². The van der Waals surface area contributed by atoms with Gasteiger partial charge in [-0.25, -0.2) is 0 Å². The first kappa shape index (κ1) is 21.8. The van der Waals surface area contributed by atoms with Gasteiger partial charge in [-0.3, -0.25) is 9.69 Å². The molecule has 32 heavy (non-hydrogen) atoms. The normalized spacial score (nSPS) is 12.2. The van der Waals surface area contributed by atoms with E-state index in [4.69, 9.17) is 0 Å². The second kappa shape index (κ2) is 10.3. The summed E-state index contributed by atoms with van der Waals surface area (Å²) in [6.45, 7) is 1.47. The Morgan fingerprint density at radius 2 is 1.69 bits per heavy atom. The molecule has 164 valence electrons. The summed E-state index contributed by atoms with van der Waals surface area (Å²) >= 11 is 0. The first-order chi connectivity index (χ1) is 15.6. The van der Waals surface area contributed by atoms with Gasteiger partial charge in [-0.1, -0.05) is 60.7 Å². The summed E-state index contributed by atoms with van der Waals surface area (Å²) < 4.78 is 0. The number of nitrogens with one attached hydrogen (secondary N) is 2. The average molecular weight is 428 g/mol. The highest BCUT2D eigenvalue weighted by atomic mass is 16.3. The summed E-state index contributed by atoms with van der Waals surface area (Å²) in [6.07, 6.45) is 2.51. The molecule has 5 heteroatoms. The van der Waals surface area contributed by atoms with Crippen molar-refractivity contribution >= 4 is 16.8 Å². The van der Waals surface area contributed by atoms with Crippen LogP contribution in [-0.2, 0) is 19.5 Å². The number of hydrogen-bond donors (Lipinski definition) is 3. The Balaban J connectivity index is 1.39. The van der Waals surface area contributed by atoms with E-state index in [-0.39, 0.29) is 18.6 Å². The van der Waals surface area contributed by atoms with Crippen LogP contribution in [0.15, 0.2) is 85.1 Å². The molecular formula is C27H29N3O2. The minimum atomic E-state index is -0.355. The number of aliphatic hydroxyl groups is 1. The molecule has 0 aliphatic rings. The van der Waals surface area contributed by atoms with Crippen molar-refractivity contribution < 1.29 is 9.90 Å². The van der Waals surface area contributed by atoms with Crippen molar-refractivity contribution in [2.24, 2.45) is 0 Å². The monoisotopic (exact) mass is 427 g/mol.